The summed E-state index contributed by atoms with van der Waals surface area (Å²) >= 11 is 0. The molecule has 0 bridgehead atoms. The van der Waals surface area contributed by atoms with Crippen molar-refractivity contribution in [2.24, 2.45) is 0 Å². The predicted molar refractivity (Wildman–Crippen MR) is 73.1 cm³/mol. The van der Waals surface area contributed by atoms with Crippen LogP contribution in [0.1, 0.15) is 30.0 Å². The molecule has 0 fully saturated rings. The molecule has 0 aromatic heterocycles. The van der Waals surface area contributed by atoms with Crippen molar-refractivity contribution in [3.8, 4) is 0 Å². The smallest absolute Gasteiger partial charge is 0.0149 e. The molecule has 0 nitrogen and oxygen atoms in total. The zero-order valence-electron chi connectivity index (χ0n) is 10.4. The third kappa shape index (κ3) is 3.74. The highest BCUT2D eigenvalue weighted by atomic mass is 14.0. The normalized spacial score (nSPS) is 10.4. The maximum absolute atomic E-state index is 3.27. The summed E-state index contributed by atoms with van der Waals surface area (Å²) in [5, 5.41) is 0. The quantitative estimate of drug-likeness (QED) is 0.711. The highest BCUT2D eigenvalue weighted by Gasteiger charge is 1.96. The van der Waals surface area contributed by atoms with Crippen molar-refractivity contribution in [3.05, 3.63) is 71.3 Å². The Morgan fingerprint density at radius 1 is 0.882 bits per heavy atom. The molecule has 2 rings (SSSR count). The molecule has 0 N–H and O–H groups in total. The van der Waals surface area contributed by atoms with Crippen LogP contribution < -0.4 is 0 Å². The number of hydrogen-bond donors (Lipinski definition) is 0. The Balaban J connectivity index is 1.82. The first kappa shape index (κ1) is 11.9. The van der Waals surface area contributed by atoms with Crippen LogP contribution in [0.15, 0.2) is 48.5 Å². The summed E-state index contributed by atoms with van der Waals surface area (Å²) < 4.78 is 0. The largest absolute Gasteiger partial charge is 0.0620 e. The van der Waals surface area contributed by atoms with Crippen LogP contribution in [0.25, 0.3) is 0 Å². The van der Waals surface area contributed by atoms with Crippen LogP contribution in [0.2, 0.25) is 0 Å². The molecule has 0 atom stereocenters. The third-order valence-electron chi connectivity index (χ3n) is 3.12. The molecule has 0 aliphatic carbocycles. The van der Waals surface area contributed by atoms with Crippen molar-refractivity contribution in [1.82, 2.24) is 0 Å². The van der Waals surface area contributed by atoms with Gasteiger partial charge in [0, 0.05) is 0 Å². The van der Waals surface area contributed by atoms with Gasteiger partial charge in [-0.05, 0) is 48.4 Å². The standard InChI is InChI=1S/C17H19/c1-2-15-11-13-17(14-12-15)10-6-9-16-7-4-3-5-8-16/h3-5,7,11-14H,2,6,9-10H2,1H3. The van der Waals surface area contributed by atoms with E-state index in [1.165, 1.54) is 23.1 Å². The summed E-state index contributed by atoms with van der Waals surface area (Å²) in [5.41, 5.74) is 4.18. The van der Waals surface area contributed by atoms with E-state index in [1.807, 2.05) is 12.1 Å². The van der Waals surface area contributed by atoms with Gasteiger partial charge < -0.3 is 0 Å². The Hall–Kier alpha value is -1.56. The van der Waals surface area contributed by atoms with E-state index in [1.54, 1.807) is 0 Å². The predicted octanol–water partition coefficient (Wildman–Crippen LogP) is 4.22. The van der Waals surface area contributed by atoms with E-state index >= 15 is 0 Å². The molecule has 0 aliphatic heterocycles. The summed E-state index contributed by atoms with van der Waals surface area (Å²) in [7, 11) is 0. The lowest BCUT2D eigenvalue weighted by Crippen LogP contribution is -1.90. The first-order valence-electron chi connectivity index (χ1n) is 6.42. The average Bonchev–Trinajstić information content (AvgIpc) is 2.41. The molecule has 0 heteroatoms. The molecule has 0 aliphatic rings. The zero-order chi connectivity index (χ0) is 11.9. The SMILES string of the molecule is CCc1ccc(CCCc2[c]cccc2)cc1. The molecule has 1 radical (unpaired) electrons. The van der Waals surface area contributed by atoms with Crippen LogP contribution in [0.5, 0.6) is 0 Å². The lowest BCUT2D eigenvalue weighted by Gasteiger charge is -2.03. The third-order valence-corrected chi connectivity index (χ3v) is 3.12. The van der Waals surface area contributed by atoms with Crippen molar-refractivity contribution in [2.45, 2.75) is 32.6 Å². The molecule has 0 amide bonds. The Kier molecular flexibility index (Phi) is 4.37. The van der Waals surface area contributed by atoms with Crippen molar-refractivity contribution in [3.63, 3.8) is 0 Å². The fourth-order valence-corrected chi connectivity index (χ4v) is 2.01. The lowest BCUT2D eigenvalue weighted by atomic mass is 10.0. The van der Waals surface area contributed by atoms with E-state index in [9.17, 15) is 0 Å². The Morgan fingerprint density at radius 2 is 1.65 bits per heavy atom. The van der Waals surface area contributed by atoms with Gasteiger partial charge in [0.2, 0.25) is 0 Å². The van der Waals surface area contributed by atoms with Gasteiger partial charge in [-0.15, -0.1) is 0 Å². The first-order valence-corrected chi connectivity index (χ1v) is 6.42. The van der Waals surface area contributed by atoms with Crippen molar-refractivity contribution >= 4 is 0 Å². The summed E-state index contributed by atoms with van der Waals surface area (Å²) in [5.74, 6) is 0. The molecule has 0 saturated carbocycles. The van der Waals surface area contributed by atoms with Crippen molar-refractivity contribution < 1.29 is 0 Å². The summed E-state index contributed by atoms with van der Waals surface area (Å²) in [6.45, 7) is 2.19. The topological polar surface area (TPSA) is 0 Å². The average molecular weight is 223 g/mol. The van der Waals surface area contributed by atoms with Gasteiger partial charge >= 0.3 is 0 Å². The minimum absolute atomic E-state index is 1.12. The van der Waals surface area contributed by atoms with E-state index in [4.69, 9.17) is 0 Å². The van der Waals surface area contributed by atoms with Crippen LogP contribution in [-0.4, -0.2) is 0 Å². The Labute approximate surface area is 104 Å². The van der Waals surface area contributed by atoms with Gasteiger partial charge in [-0.3, -0.25) is 0 Å². The second kappa shape index (κ2) is 6.24. The monoisotopic (exact) mass is 223 g/mol. The molecular formula is C17H19. The molecule has 87 valence electrons. The Morgan fingerprint density at radius 3 is 2.29 bits per heavy atom. The van der Waals surface area contributed by atoms with E-state index in [0.717, 1.165) is 19.3 Å². The van der Waals surface area contributed by atoms with E-state index in [2.05, 4.69) is 49.4 Å². The van der Waals surface area contributed by atoms with Crippen molar-refractivity contribution in [2.75, 3.05) is 0 Å². The second-order valence-electron chi connectivity index (χ2n) is 4.41. The van der Waals surface area contributed by atoms with Crippen molar-refractivity contribution in [1.29, 1.82) is 0 Å². The highest BCUT2D eigenvalue weighted by Crippen LogP contribution is 2.09. The van der Waals surface area contributed by atoms with Gasteiger partial charge in [0.1, 0.15) is 0 Å². The van der Waals surface area contributed by atoms with Crippen LogP contribution in [-0.2, 0) is 19.3 Å². The number of benzene rings is 2. The molecule has 0 saturated heterocycles. The highest BCUT2D eigenvalue weighted by molar-refractivity contribution is 5.22. The van der Waals surface area contributed by atoms with Gasteiger partial charge in [-0.1, -0.05) is 55.5 Å². The number of hydrogen-bond acceptors (Lipinski definition) is 0. The summed E-state index contributed by atoms with van der Waals surface area (Å²) in [6, 6.07) is 20.5. The van der Waals surface area contributed by atoms with Gasteiger partial charge in [0.05, 0.1) is 0 Å². The summed E-state index contributed by atoms with van der Waals surface area (Å²) in [6.07, 6.45) is 4.61. The van der Waals surface area contributed by atoms with Crippen LogP contribution >= 0.6 is 0 Å². The van der Waals surface area contributed by atoms with Gasteiger partial charge in [0.25, 0.3) is 0 Å². The van der Waals surface area contributed by atoms with Crippen LogP contribution in [0.4, 0.5) is 0 Å². The van der Waals surface area contributed by atoms with Gasteiger partial charge in [-0.2, -0.15) is 0 Å². The number of rotatable bonds is 5. The van der Waals surface area contributed by atoms with Crippen LogP contribution in [0, 0.1) is 6.07 Å². The van der Waals surface area contributed by atoms with Gasteiger partial charge in [0.15, 0.2) is 0 Å². The molecule has 17 heavy (non-hydrogen) atoms. The molecule has 0 heterocycles. The maximum Gasteiger partial charge on any atom is -0.0149 e. The van der Waals surface area contributed by atoms with E-state index in [-0.39, 0.29) is 0 Å². The molecule has 2 aromatic carbocycles. The van der Waals surface area contributed by atoms with Gasteiger partial charge in [-0.25, -0.2) is 0 Å². The minimum Gasteiger partial charge on any atom is -0.0620 e. The fraction of sp³-hybridized carbons (Fsp3) is 0.294. The minimum atomic E-state index is 1.12. The molecule has 0 unspecified atom stereocenters. The van der Waals surface area contributed by atoms with E-state index in [0.29, 0.717) is 0 Å². The molecule has 2 aromatic rings. The lowest BCUT2D eigenvalue weighted by molar-refractivity contribution is 0.819. The first-order chi connectivity index (χ1) is 8.38. The maximum atomic E-state index is 3.27. The zero-order valence-corrected chi connectivity index (χ0v) is 10.4. The summed E-state index contributed by atoms with van der Waals surface area (Å²) in [4.78, 5) is 0. The van der Waals surface area contributed by atoms with Crippen LogP contribution in [0.3, 0.4) is 0 Å². The number of aryl methyl sites for hydroxylation is 3. The molecule has 0 spiro atoms. The van der Waals surface area contributed by atoms with E-state index < -0.39 is 0 Å². The second-order valence-corrected chi connectivity index (χ2v) is 4.41. The fourth-order valence-electron chi connectivity index (χ4n) is 2.01. The molecular weight excluding hydrogens is 204 g/mol. The Bertz CT molecular complexity index is 425.